The average Bonchev–Trinajstić information content (AvgIpc) is 3.16. The highest BCUT2D eigenvalue weighted by Crippen LogP contribution is 2.32. The standard InChI is InChI=1S/C22H29FN4O2/c1-16-6-7-19(23)18(12-16)22(28)27-10-11-29-20(15-26-8-4-3-5-9-26)21(27)17-13-24-25(2)14-17/h6-7,12-14,20-21H,3-5,8-11,15H2,1-2H3/t20-,21-/m0/s1. The molecule has 1 amide bonds. The number of aryl methyl sites for hydroxylation is 2. The average molecular weight is 400 g/mol. The lowest BCUT2D eigenvalue weighted by Gasteiger charge is -2.43. The summed E-state index contributed by atoms with van der Waals surface area (Å²) in [5.74, 6) is -0.767. The summed E-state index contributed by atoms with van der Waals surface area (Å²) < 4.78 is 22.4. The van der Waals surface area contributed by atoms with Crippen LogP contribution in [0.15, 0.2) is 30.6 Å². The van der Waals surface area contributed by atoms with Crippen molar-refractivity contribution in [3.8, 4) is 0 Å². The van der Waals surface area contributed by atoms with Crippen LogP contribution >= 0.6 is 0 Å². The van der Waals surface area contributed by atoms with E-state index in [0.29, 0.717) is 13.2 Å². The smallest absolute Gasteiger partial charge is 0.257 e. The Morgan fingerprint density at radius 1 is 1.24 bits per heavy atom. The Balaban J connectivity index is 1.65. The van der Waals surface area contributed by atoms with Gasteiger partial charge in [-0.2, -0.15) is 5.10 Å². The molecule has 0 aliphatic carbocycles. The predicted molar refractivity (Wildman–Crippen MR) is 108 cm³/mol. The molecule has 0 spiro atoms. The molecule has 0 bridgehead atoms. The number of morpholine rings is 1. The molecule has 6 nitrogen and oxygen atoms in total. The lowest BCUT2D eigenvalue weighted by Crippen LogP contribution is -2.52. The van der Waals surface area contributed by atoms with Gasteiger partial charge in [0.25, 0.3) is 5.91 Å². The highest BCUT2D eigenvalue weighted by molar-refractivity contribution is 5.95. The van der Waals surface area contributed by atoms with Crippen LogP contribution in [0, 0.1) is 12.7 Å². The molecule has 3 heterocycles. The molecule has 0 unspecified atom stereocenters. The molecule has 4 rings (SSSR count). The van der Waals surface area contributed by atoms with Crippen molar-refractivity contribution in [1.82, 2.24) is 19.6 Å². The molecule has 156 valence electrons. The summed E-state index contributed by atoms with van der Waals surface area (Å²) in [5.41, 5.74) is 1.92. The number of rotatable bonds is 4. The van der Waals surface area contributed by atoms with Crippen LogP contribution in [0.4, 0.5) is 4.39 Å². The van der Waals surface area contributed by atoms with Crippen LogP contribution in [0.1, 0.15) is 46.8 Å². The Morgan fingerprint density at radius 3 is 2.76 bits per heavy atom. The summed E-state index contributed by atoms with van der Waals surface area (Å²) in [5, 5.41) is 4.31. The SMILES string of the molecule is Cc1ccc(F)c(C(=O)N2CCO[C@@H](CN3CCCCC3)[C@@H]2c2cnn(C)c2)c1. The summed E-state index contributed by atoms with van der Waals surface area (Å²) in [7, 11) is 1.86. The molecule has 0 N–H and O–H groups in total. The molecular weight excluding hydrogens is 371 g/mol. The monoisotopic (exact) mass is 400 g/mol. The Hall–Kier alpha value is -2.25. The van der Waals surface area contributed by atoms with E-state index < -0.39 is 5.82 Å². The van der Waals surface area contributed by atoms with Gasteiger partial charge in [-0.25, -0.2) is 4.39 Å². The number of benzene rings is 1. The molecule has 2 fully saturated rings. The van der Waals surface area contributed by atoms with Crippen LogP contribution in [0.3, 0.4) is 0 Å². The number of ether oxygens (including phenoxy) is 1. The predicted octanol–water partition coefficient (Wildman–Crippen LogP) is 2.94. The molecule has 1 aromatic carbocycles. The van der Waals surface area contributed by atoms with Crippen LogP contribution in [0.25, 0.3) is 0 Å². The van der Waals surface area contributed by atoms with Gasteiger partial charge in [0.1, 0.15) is 5.82 Å². The van der Waals surface area contributed by atoms with Crippen LogP contribution in [0.5, 0.6) is 0 Å². The number of aromatic nitrogens is 2. The minimum atomic E-state index is -0.482. The van der Waals surface area contributed by atoms with Crippen molar-refractivity contribution < 1.29 is 13.9 Å². The number of hydrogen-bond acceptors (Lipinski definition) is 4. The summed E-state index contributed by atoms with van der Waals surface area (Å²) >= 11 is 0. The fourth-order valence-electron chi connectivity index (χ4n) is 4.46. The number of halogens is 1. The first kappa shape index (κ1) is 20.0. The zero-order valence-corrected chi connectivity index (χ0v) is 17.2. The summed E-state index contributed by atoms with van der Waals surface area (Å²) in [6.07, 6.45) is 7.21. The van der Waals surface area contributed by atoms with Gasteiger partial charge in [-0.05, 0) is 45.0 Å². The maximum atomic E-state index is 14.5. The van der Waals surface area contributed by atoms with Crippen molar-refractivity contribution in [1.29, 1.82) is 0 Å². The van der Waals surface area contributed by atoms with Gasteiger partial charge in [0.2, 0.25) is 0 Å². The molecule has 0 radical (unpaired) electrons. The van der Waals surface area contributed by atoms with E-state index in [-0.39, 0.29) is 23.6 Å². The topological polar surface area (TPSA) is 50.6 Å². The van der Waals surface area contributed by atoms with Crippen LogP contribution in [-0.2, 0) is 11.8 Å². The van der Waals surface area contributed by atoms with Gasteiger partial charge in [-0.15, -0.1) is 0 Å². The minimum Gasteiger partial charge on any atom is -0.373 e. The molecule has 2 atom stereocenters. The number of amides is 1. The number of piperidine rings is 1. The summed E-state index contributed by atoms with van der Waals surface area (Å²) in [4.78, 5) is 17.6. The van der Waals surface area contributed by atoms with E-state index in [0.717, 1.165) is 30.8 Å². The van der Waals surface area contributed by atoms with Gasteiger partial charge in [-0.3, -0.25) is 9.48 Å². The fourth-order valence-corrected chi connectivity index (χ4v) is 4.46. The van der Waals surface area contributed by atoms with Gasteiger partial charge in [0, 0.05) is 31.9 Å². The number of carbonyl (C=O) groups is 1. The van der Waals surface area contributed by atoms with Crippen LogP contribution < -0.4 is 0 Å². The number of likely N-dealkylation sites (tertiary alicyclic amines) is 1. The van der Waals surface area contributed by atoms with Crippen molar-refractivity contribution in [3.05, 3.63) is 53.1 Å². The molecule has 2 aliphatic heterocycles. The zero-order chi connectivity index (χ0) is 20.4. The number of carbonyl (C=O) groups excluding carboxylic acids is 1. The molecular formula is C22H29FN4O2. The van der Waals surface area contributed by atoms with Gasteiger partial charge in [0.05, 0.1) is 30.5 Å². The maximum Gasteiger partial charge on any atom is 0.257 e. The highest BCUT2D eigenvalue weighted by Gasteiger charge is 2.39. The van der Waals surface area contributed by atoms with E-state index in [2.05, 4.69) is 10.00 Å². The third-order valence-electron chi connectivity index (χ3n) is 5.92. The number of nitrogens with zero attached hydrogens (tertiary/aromatic N) is 4. The first-order valence-electron chi connectivity index (χ1n) is 10.4. The van der Waals surface area contributed by atoms with Crippen LogP contribution in [0.2, 0.25) is 0 Å². The third-order valence-corrected chi connectivity index (χ3v) is 5.92. The Morgan fingerprint density at radius 2 is 2.03 bits per heavy atom. The van der Waals surface area contributed by atoms with Crippen molar-refractivity contribution in [3.63, 3.8) is 0 Å². The van der Waals surface area contributed by atoms with Crippen molar-refractivity contribution in [2.45, 2.75) is 38.3 Å². The second-order valence-corrected chi connectivity index (χ2v) is 8.14. The second kappa shape index (κ2) is 8.63. The summed E-state index contributed by atoms with van der Waals surface area (Å²) in [6.45, 7) is 5.63. The largest absolute Gasteiger partial charge is 0.373 e. The normalized spacial score (nSPS) is 23.3. The van der Waals surface area contributed by atoms with Crippen molar-refractivity contribution in [2.24, 2.45) is 7.05 Å². The van der Waals surface area contributed by atoms with Crippen LogP contribution in [-0.4, -0.2) is 64.4 Å². The first-order chi connectivity index (χ1) is 14.0. The van der Waals surface area contributed by atoms with Gasteiger partial charge in [0.15, 0.2) is 0 Å². The van der Waals surface area contributed by atoms with E-state index in [1.54, 1.807) is 27.9 Å². The van der Waals surface area contributed by atoms with E-state index in [1.807, 2.05) is 20.2 Å². The van der Waals surface area contributed by atoms with Crippen molar-refractivity contribution in [2.75, 3.05) is 32.8 Å². The van der Waals surface area contributed by atoms with Gasteiger partial charge < -0.3 is 14.5 Å². The first-order valence-corrected chi connectivity index (χ1v) is 10.4. The summed E-state index contributed by atoms with van der Waals surface area (Å²) in [6, 6.07) is 4.40. The zero-order valence-electron chi connectivity index (χ0n) is 17.2. The molecule has 0 saturated carbocycles. The third kappa shape index (κ3) is 4.36. The van der Waals surface area contributed by atoms with Gasteiger partial charge >= 0.3 is 0 Å². The Bertz CT molecular complexity index is 862. The van der Waals surface area contributed by atoms with Gasteiger partial charge in [-0.1, -0.05) is 18.1 Å². The van der Waals surface area contributed by atoms with E-state index in [1.165, 1.54) is 25.3 Å². The molecule has 2 aromatic rings. The highest BCUT2D eigenvalue weighted by atomic mass is 19.1. The second-order valence-electron chi connectivity index (χ2n) is 8.14. The molecule has 1 aromatic heterocycles. The van der Waals surface area contributed by atoms with E-state index in [9.17, 15) is 9.18 Å². The number of hydrogen-bond donors (Lipinski definition) is 0. The Labute approximate surface area is 171 Å². The van der Waals surface area contributed by atoms with E-state index >= 15 is 0 Å². The van der Waals surface area contributed by atoms with Crippen molar-refractivity contribution >= 4 is 5.91 Å². The molecule has 29 heavy (non-hydrogen) atoms. The molecule has 2 aliphatic rings. The minimum absolute atomic E-state index is 0.123. The fraction of sp³-hybridized carbons (Fsp3) is 0.545. The lowest BCUT2D eigenvalue weighted by atomic mass is 9.98. The molecule has 2 saturated heterocycles. The Kier molecular flexibility index (Phi) is 5.96. The quantitative estimate of drug-likeness (QED) is 0.792. The lowest BCUT2D eigenvalue weighted by molar-refractivity contribution is -0.0742. The van der Waals surface area contributed by atoms with E-state index in [4.69, 9.17) is 4.74 Å². The molecule has 7 heteroatoms. The maximum absolute atomic E-state index is 14.5.